The quantitative estimate of drug-likeness (QED) is 0.730. The summed E-state index contributed by atoms with van der Waals surface area (Å²) in [6.45, 7) is 0. The Morgan fingerprint density at radius 3 is 2.00 bits per heavy atom. The molecular formula is C17H20O4. The fraction of sp³-hybridized carbons (Fsp3) is 0.588. The summed E-state index contributed by atoms with van der Waals surface area (Å²) in [6.07, 6.45) is 6.62. The van der Waals surface area contributed by atoms with Crippen molar-refractivity contribution in [2.45, 2.75) is 43.9 Å². The van der Waals surface area contributed by atoms with Crippen molar-refractivity contribution in [2.75, 3.05) is 0 Å². The monoisotopic (exact) mass is 288 g/mol. The van der Waals surface area contributed by atoms with Crippen molar-refractivity contribution in [2.24, 2.45) is 17.8 Å². The molecule has 0 atom stereocenters. The van der Waals surface area contributed by atoms with Crippen LogP contribution in [0.4, 0.5) is 0 Å². The Morgan fingerprint density at radius 1 is 1.00 bits per heavy atom. The number of benzene rings is 1. The van der Waals surface area contributed by atoms with Crippen LogP contribution in [0.15, 0.2) is 12.1 Å². The molecule has 4 nitrogen and oxygen atoms in total. The fourth-order valence-corrected chi connectivity index (χ4v) is 5.71. The van der Waals surface area contributed by atoms with E-state index in [4.69, 9.17) is 0 Å². The van der Waals surface area contributed by atoms with Crippen molar-refractivity contribution in [3.05, 3.63) is 23.3 Å². The zero-order valence-electron chi connectivity index (χ0n) is 11.9. The normalized spacial score (nSPS) is 36.9. The minimum absolute atomic E-state index is 0.159. The molecule has 0 spiro atoms. The van der Waals surface area contributed by atoms with E-state index in [1.807, 2.05) is 0 Å². The van der Waals surface area contributed by atoms with Crippen LogP contribution in [0.25, 0.3) is 0 Å². The highest BCUT2D eigenvalue weighted by molar-refractivity contribution is 5.91. The van der Waals surface area contributed by atoms with Crippen LogP contribution in [0.1, 0.15) is 54.4 Å². The maximum absolute atomic E-state index is 11.6. The lowest BCUT2D eigenvalue weighted by Crippen LogP contribution is -2.49. The van der Waals surface area contributed by atoms with Gasteiger partial charge in [0.25, 0.3) is 0 Å². The van der Waals surface area contributed by atoms with Gasteiger partial charge in [0.1, 0.15) is 0 Å². The molecule has 5 rings (SSSR count). The van der Waals surface area contributed by atoms with Crippen LogP contribution in [0, 0.1) is 17.8 Å². The van der Waals surface area contributed by atoms with E-state index in [1.165, 1.54) is 31.4 Å². The molecule has 3 N–H and O–H groups in total. The topological polar surface area (TPSA) is 77.8 Å². The summed E-state index contributed by atoms with van der Waals surface area (Å²) in [6, 6.07) is 2.72. The molecule has 4 fully saturated rings. The predicted molar refractivity (Wildman–Crippen MR) is 76.6 cm³/mol. The van der Waals surface area contributed by atoms with Crippen molar-refractivity contribution < 1.29 is 20.1 Å². The number of phenolic OH excluding ortho intramolecular Hbond substituents is 2. The van der Waals surface area contributed by atoms with E-state index in [1.54, 1.807) is 0 Å². The lowest BCUT2D eigenvalue weighted by atomic mass is 9.47. The summed E-state index contributed by atoms with van der Waals surface area (Å²) >= 11 is 0. The first-order valence-electron chi connectivity index (χ1n) is 7.77. The number of phenols is 2. The number of carboxylic acids is 1. The summed E-state index contributed by atoms with van der Waals surface area (Å²) in [5, 5.41) is 29.7. The molecule has 0 unspecified atom stereocenters. The second kappa shape index (κ2) is 4.15. The van der Waals surface area contributed by atoms with Gasteiger partial charge in [0.2, 0.25) is 0 Å². The summed E-state index contributed by atoms with van der Waals surface area (Å²) in [4.78, 5) is 11.6. The highest BCUT2D eigenvalue weighted by Gasteiger charge is 2.53. The van der Waals surface area contributed by atoms with Gasteiger partial charge in [-0.25, -0.2) is 4.79 Å². The summed E-state index contributed by atoms with van der Waals surface area (Å²) in [7, 11) is 0. The van der Waals surface area contributed by atoms with Gasteiger partial charge < -0.3 is 15.3 Å². The Hall–Kier alpha value is -1.71. The van der Waals surface area contributed by atoms with E-state index in [2.05, 4.69) is 0 Å². The Bertz CT molecular complexity index is 584. The highest BCUT2D eigenvalue weighted by atomic mass is 16.4. The zero-order chi connectivity index (χ0) is 14.8. The zero-order valence-corrected chi connectivity index (χ0v) is 11.9. The Morgan fingerprint density at radius 2 is 1.52 bits per heavy atom. The van der Waals surface area contributed by atoms with Crippen LogP contribution in [0.5, 0.6) is 11.5 Å². The number of aromatic carboxylic acids is 1. The number of hydrogen-bond donors (Lipinski definition) is 3. The van der Waals surface area contributed by atoms with Crippen LogP contribution in [-0.4, -0.2) is 21.3 Å². The lowest BCUT2D eigenvalue weighted by Gasteiger charge is -2.57. The second-order valence-corrected chi connectivity index (χ2v) is 7.36. The van der Waals surface area contributed by atoms with Gasteiger partial charge in [-0.3, -0.25) is 0 Å². The van der Waals surface area contributed by atoms with Crippen LogP contribution in [-0.2, 0) is 5.41 Å². The van der Waals surface area contributed by atoms with Gasteiger partial charge >= 0.3 is 5.97 Å². The van der Waals surface area contributed by atoms with Crippen molar-refractivity contribution in [3.63, 3.8) is 0 Å². The smallest absolute Gasteiger partial charge is 0.336 e. The molecule has 112 valence electrons. The Balaban J connectivity index is 1.90. The third-order valence-corrected chi connectivity index (χ3v) is 5.96. The SMILES string of the molecule is O=C(O)c1ccc(O)c(O)c1C12CC3CC(CC(C3)C1)C2. The fourth-order valence-electron chi connectivity index (χ4n) is 5.71. The van der Waals surface area contributed by atoms with Crippen molar-refractivity contribution >= 4 is 5.97 Å². The average molecular weight is 288 g/mol. The molecule has 0 radical (unpaired) electrons. The number of hydrogen-bond acceptors (Lipinski definition) is 3. The van der Waals surface area contributed by atoms with E-state index < -0.39 is 5.97 Å². The molecule has 0 heterocycles. The molecule has 4 bridgehead atoms. The van der Waals surface area contributed by atoms with Gasteiger partial charge in [0.15, 0.2) is 11.5 Å². The third kappa shape index (κ3) is 1.78. The average Bonchev–Trinajstić information content (AvgIpc) is 2.39. The van der Waals surface area contributed by atoms with E-state index in [9.17, 15) is 20.1 Å². The first-order chi connectivity index (χ1) is 9.98. The molecule has 0 aromatic heterocycles. The molecule has 0 amide bonds. The summed E-state index contributed by atoms with van der Waals surface area (Å²) in [5.74, 6) is 0.526. The molecule has 4 aliphatic rings. The van der Waals surface area contributed by atoms with Crippen LogP contribution >= 0.6 is 0 Å². The summed E-state index contributed by atoms with van der Waals surface area (Å²) in [5.41, 5.74) is 0.409. The number of rotatable bonds is 2. The molecule has 4 heteroatoms. The molecule has 21 heavy (non-hydrogen) atoms. The molecule has 4 aliphatic carbocycles. The number of carbonyl (C=O) groups is 1. The predicted octanol–water partition coefficient (Wildman–Crippen LogP) is 3.26. The van der Waals surface area contributed by atoms with Gasteiger partial charge in [-0.1, -0.05) is 0 Å². The van der Waals surface area contributed by atoms with E-state index in [-0.39, 0.29) is 22.5 Å². The van der Waals surface area contributed by atoms with Crippen molar-refractivity contribution in [3.8, 4) is 11.5 Å². The first kappa shape index (κ1) is 13.0. The van der Waals surface area contributed by atoms with Gasteiger partial charge in [-0.05, 0) is 68.4 Å². The first-order valence-corrected chi connectivity index (χ1v) is 7.77. The molecule has 1 aromatic carbocycles. The standard InChI is InChI=1S/C17H20O4/c18-13-2-1-12(16(20)21)14(15(13)19)17-6-9-3-10(7-17)5-11(4-9)8-17/h1-2,9-11,18-19H,3-8H2,(H,20,21). The lowest BCUT2D eigenvalue weighted by molar-refractivity contribution is -0.00693. The van der Waals surface area contributed by atoms with Crippen LogP contribution in [0.2, 0.25) is 0 Å². The maximum Gasteiger partial charge on any atom is 0.336 e. The van der Waals surface area contributed by atoms with Gasteiger partial charge in [0, 0.05) is 11.0 Å². The molecule has 4 saturated carbocycles. The number of aromatic hydroxyl groups is 2. The maximum atomic E-state index is 11.6. The van der Waals surface area contributed by atoms with E-state index >= 15 is 0 Å². The second-order valence-electron chi connectivity index (χ2n) is 7.36. The summed E-state index contributed by atoms with van der Waals surface area (Å²) < 4.78 is 0. The van der Waals surface area contributed by atoms with Gasteiger partial charge in [-0.15, -0.1) is 0 Å². The molecular weight excluding hydrogens is 268 g/mol. The van der Waals surface area contributed by atoms with Crippen LogP contribution in [0.3, 0.4) is 0 Å². The van der Waals surface area contributed by atoms with Gasteiger partial charge in [0.05, 0.1) is 5.56 Å². The Kier molecular flexibility index (Phi) is 2.57. The van der Waals surface area contributed by atoms with Crippen molar-refractivity contribution in [1.82, 2.24) is 0 Å². The van der Waals surface area contributed by atoms with Crippen molar-refractivity contribution in [1.29, 1.82) is 0 Å². The number of carboxylic acid groups (broad SMARTS) is 1. The van der Waals surface area contributed by atoms with E-state index in [0.29, 0.717) is 23.3 Å². The van der Waals surface area contributed by atoms with Gasteiger partial charge in [-0.2, -0.15) is 0 Å². The minimum Gasteiger partial charge on any atom is -0.504 e. The highest BCUT2D eigenvalue weighted by Crippen LogP contribution is 2.62. The molecule has 0 aliphatic heterocycles. The third-order valence-electron chi connectivity index (χ3n) is 5.96. The minimum atomic E-state index is -1.02. The van der Waals surface area contributed by atoms with Crippen LogP contribution < -0.4 is 0 Å². The Labute approximate surface area is 123 Å². The van der Waals surface area contributed by atoms with E-state index in [0.717, 1.165) is 19.3 Å². The largest absolute Gasteiger partial charge is 0.504 e. The molecule has 0 saturated heterocycles. The molecule has 1 aromatic rings.